The lowest BCUT2D eigenvalue weighted by Crippen LogP contribution is -2.30. The van der Waals surface area contributed by atoms with Crippen LogP contribution in [0.4, 0.5) is 15.0 Å². The summed E-state index contributed by atoms with van der Waals surface area (Å²) in [5.74, 6) is 0.688. The largest absolute Gasteiger partial charge is 0.444 e. The minimum absolute atomic E-state index is 0.365. The fourth-order valence-electron chi connectivity index (χ4n) is 3.15. The fraction of sp³-hybridized carbons (Fsp3) is 0.526. The summed E-state index contributed by atoms with van der Waals surface area (Å²) in [6.07, 6.45) is 4.64. The first-order valence-corrected chi connectivity index (χ1v) is 8.99. The Labute approximate surface area is 151 Å². The summed E-state index contributed by atoms with van der Waals surface area (Å²) in [6, 6.07) is 5.03. The van der Waals surface area contributed by atoms with Crippen LogP contribution >= 0.6 is 0 Å². The standard InChI is InChI=1S/C19H23FN4O2/c1-18(2,3)26-17(25)22-16-10-14(12-4-5-12)23-24(16)19(8-9-19)15-7-6-13(20)11-21-15/h6-7,10-12H,4-5,8-9H2,1-3H3,(H,22,25). The third-order valence-corrected chi connectivity index (χ3v) is 4.69. The lowest BCUT2D eigenvalue weighted by Gasteiger charge is -2.22. The van der Waals surface area contributed by atoms with E-state index < -0.39 is 17.2 Å². The number of nitrogens with zero attached hydrogens (tertiary/aromatic N) is 3. The normalized spacial score (nSPS) is 18.5. The predicted octanol–water partition coefficient (Wildman–Crippen LogP) is 4.18. The summed E-state index contributed by atoms with van der Waals surface area (Å²) in [5.41, 5.74) is 0.732. The Morgan fingerprint density at radius 1 is 1.35 bits per heavy atom. The van der Waals surface area contributed by atoms with E-state index in [1.54, 1.807) is 6.07 Å². The van der Waals surface area contributed by atoms with Crippen LogP contribution < -0.4 is 5.32 Å². The number of ether oxygens (including phenoxy) is 1. The van der Waals surface area contributed by atoms with Crippen molar-refractivity contribution in [1.29, 1.82) is 0 Å². The molecule has 0 atom stereocenters. The molecule has 0 bridgehead atoms. The van der Waals surface area contributed by atoms with Gasteiger partial charge in [-0.3, -0.25) is 10.3 Å². The highest BCUT2D eigenvalue weighted by molar-refractivity contribution is 5.84. The van der Waals surface area contributed by atoms with E-state index in [1.807, 2.05) is 31.5 Å². The SMILES string of the molecule is CC(C)(C)OC(=O)Nc1cc(C2CC2)nn1C1(c2ccc(F)cn2)CC1. The van der Waals surface area contributed by atoms with E-state index in [0.717, 1.165) is 37.1 Å². The Kier molecular flexibility index (Phi) is 3.78. The van der Waals surface area contributed by atoms with Crippen molar-refractivity contribution in [2.75, 3.05) is 5.32 Å². The molecule has 0 aliphatic heterocycles. The summed E-state index contributed by atoms with van der Waals surface area (Å²) in [5, 5.41) is 7.60. The van der Waals surface area contributed by atoms with E-state index >= 15 is 0 Å². The van der Waals surface area contributed by atoms with Gasteiger partial charge in [0.25, 0.3) is 0 Å². The second-order valence-corrected chi connectivity index (χ2v) is 8.16. The quantitative estimate of drug-likeness (QED) is 0.890. The fourth-order valence-corrected chi connectivity index (χ4v) is 3.15. The van der Waals surface area contributed by atoms with Gasteiger partial charge in [-0.05, 0) is 58.6 Å². The lowest BCUT2D eigenvalue weighted by molar-refractivity contribution is 0.0634. The predicted molar refractivity (Wildman–Crippen MR) is 94.6 cm³/mol. The summed E-state index contributed by atoms with van der Waals surface area (Å²) in [6.45, 7) is 5.47. The Morgan fingerprint density at radius 2 is 2.08 bits per heavy atom. The molecule has 4 rings (SSSR count). The first-order valence-electron chi connectivity index (χ1n) is 8.99. The molecule has 1 N–H and O–H groups in total. The minimum atomic E-state index is -0.579. The second kappa shape index (κ2) is 5.79. The number of carbonyl (C=O) groups excluding carboxylic acids is 1. The molecule has 0 radical (unpaired) electrons. The number of amides is 1. The molecule has 6 nitrogen and oxygen atoms in total. The van der Waals surface area contributed by atoms with E-state index in [9.17, 15) is 9.18 Å². The molecule has 1 amide bonds. The van der Waals surface area contributed by atoms with Crippen molar-refractivity contribution in [3.8, 4) is 0 Å². The highest BCUT2D eigenvalue weighted by Crippen LogP contribution is 2.51. The van der Waals surface area contributed by atoms with Crippen LogP contribution in [0, 0.1) is 5.82 Å². The molecule has 0 saturated heterocycles. The van der Waals surface area contributed by atoms with Crippen molar-refractivity contribution in [3.05, 3.63) is 41.6 Å². The molecule has 2 saturated carbocycles. The van der Waals surface area contributed by atoms with Crippen molar-refractivity contribution >= 4 is 11.9 Å². The summed E-state index contributed by atoms with van der Waals surface area (Å²) in [7, 11) is 0. The average molecular weight is 358 g/mol. The van der Waals surface area contributed by atoms with Crippen LogP contribution in [-0.2, 0) is 10.3 Å². The lowest BCUT2D eigenvalue weighted by atomic mass is 10.1. The molecule has 2 aliphatic rings. The smallest absolute Gasteiger partial charge is 0.413 e. The van der Waals surface area contributed by atoms with Crippen LogP contribution in [0.3, 0.4) is 0 Å². The summed E-state index contributed by atoms with van der Waals surface area (Å²) < 4.78 is 20.5. The molecule has 2 aliphatic carbocycles. The van der Waals surface area contributed by atoms with Gasteiger partial charge in [-0.1, -0.05) is 0 Å². The molecule has 2 heterocycles. The maximum Gasteiger partial charge on any atom is 0.413 e. The van der Waals surface area contributed by atoms with Gasteiger partial charge in [0.05, 0.1) is 17.6 Å². The summed E-state index contributed by atoms with van der Waals surface area (Å²) >= 11 is 0. The van der Waals surface area contributed by atoms with Crippen molar-refractivity contribution in [1.82, 2.24) is 14.8 Å². The maximum absolute atomic E-state index is 13.3. The first-order chi connectivity index (χ1) is 12.3. The van der Waals surface area contributed by atoms with Gasteiger partial charge in [0, 0.05) is 12.0 Å². The van der Waals surface area contributed by atoms with Gasteiger partial charge in [0.1, 0.15) is 22.8 Å². The molecule has 0 aromatic carbocycles. The van der Waals surface area contributed by atoms with Crippen LogP contribution in [0.5, 0.6) is 0 Å². The average Bonchev–Trinajstić information content (AvgIpc) is 3.46. The highest BCUT2D eigenvalue weighted by atomic mass is 19.1. The van der Waals surface area contributed by atoms with Gasteiger partial charge < -0.3 is 4.74 Å². The van der Waals surface area contributed by atoms with Crippen molar-refractivity contribution < 1.29 is 13.9 Å². The third kappa shape index (κ3) is 3.30. The van der Waals surface area contributed by atoms with E-state index in [2.05, 4.69) is 10.3 Å². The zero-order chi connectivity index (χ0) is 18.5. The molecule has 138 valence electrons. The molecule has 2 fully saturated rings. The number of pyridine rings is 1. The van der Waals surface area contributed by atoms with E-state index in [1.165, 1.54) is 12.3 Å². The van der Waals surface area contributed by atoms with Crippen LogP contribution in [0.1, 0.15) is 63.8 Å². The molecule has 7 heteroatoms. The van der Waals surface area contributed by atoms with Gasteiger partial charge in [-0.15, -0.1) is 0 Å². The molecular formula is C19H23FN4O2. The number of rotatable bonds is 4. The Balaban J connectivity index is 1.67. The zero-order valence-corrected chi connectivity index (χ0v) is 15.3. The van der Waals surface area contributed by atoms with E-state index in [0.29, 0.717) is 11.7 Å². The molecule has 26 heavy (non-hydrogen) atoms. The second-order valence-electron chi connectivity index (χ2n) is 8.16. The van der Waals surface area contributed by atoms with Crippen molar-refractivity contribution in [2.45, 2.75) is 63.5 Å². The van der Waals surface area contributed by atoms with Gasteiger partial charge in [0.2, 0.25) is 0 Å². The van der Waals surface area contributed by atoms with Gasteiger partial charge in [-0.25, -0.2) is 13.9 Å². The number of hydrogen-bond donors (Lipinski definition) is 1. The Hall–Kier alpha value is -2.44. The number of nitrogens with one attached hydrogen (secondary N) is 1. The van der Waals surface area contributed by atoms with Crippen molar-refractivity contribution in [3.63, 3.8) is 0 Å². The van der Waals surface area contributed by atoms with Gasteiger partial charge >= 0.3 is 6.09 Å². The highest BCUT2D eigenvalue weighted by Gasteiger charge is 2.50. The zero-order valence-electron chi connectivity index (χ0n) is 15.3. The molecular weight excluding hydrogens is 335 g/mol. The minimum Gasteiger partial charge on any atom is -0.444 e. The third-order valence-electron chi connectivity index (χ3n) is 4.69. The molecule has 2 aromatic rings. The maximum atomic E-state index is 13.3. The molecule has 0 spiro atoms. The van der Waals surface area contributed by atoms with Crippen LogP contribution in [0.2, 0.25) is 0 Å². The van der Waals surface area contributed by atoms with E-state index in [-0.39, 0.29) is 5.82 Å². The number of carbonyl (C=O) groups is 1. The molecule has 2 aromatic heterocycles. The topological polar surface area (TPSA) is 69.0 Å². The van der Waals surface area contributed by atoms with Crippen LogP contribution in [0.15, 0.2) is 24.4 Å². The van der Waals surface area contributed by atoms with Gasteiger partial charge in [0.15, 0.2) is 0 Å². The van der Waals surface area contributed by atoms with Crippen LogP contribution in [0.25, 0.3) is 0 Å². The van der Waals surface area contributed by atoms with Crippen molar-refractivity contribution in [2.24, 2.45) is 0 Å². The monoisotopic (exact) mass is 358 g/mol. The molecule has 0 unspecified atom stereocenters. The number of halogens is 1. The number of hydrogen-bond acceptors (Lipinski definition) is 4. The summed E-state index contributed by atoms with van der Waals surface area (Å²) in [4.78, 5) is 16.5. The number of anilines is 1. The van der Waals surface area contributed by atoms with Crippen LogP contribution in [-0.4, -0.2) is 26.5 Å². The Morgan fingerprint density at radius 3 is 2.62 bits per heavy atom. The first kappa shape index (κ1) is 17.0. The van der Waals surface area contributed by atoms with E-state index in [4.69, 9.17) is 9.84 Å². The van der Waals surface area contributed by atoms with Gasteiger partial charge in [-0.2, -0.15) is 5.10 Å². The Bertz CT molecular complexity index is 830. The number of aromatic nitrogens is 3.